The van der Waals surface area contributed by atoms with E-state index in [-0.39, 0.29) is 35.9 Å². The van der Waals surface area contributed by atoms with Gasteiger partial charge in [-0.1, -0.05) is 61.7 Å². The molecule has 0 radical (unpaired) electrons. The summed E-state index contributed by atoms with van der Waals surface area (Å²) in [5.74, 6) is 0.637. The third kappa shape index (κ3) is 6.37. The summed E-state index contributed by atoms with van der Waals surface area (Å²) in [6.45, 7) is 1.33. The Balaban J connectivity index is 0.00000306. The Morgan fingerprint density at radius 2 is 1.79 bits per heavy atom. The number of ketones is 1. The number of thioether (sulfide) groups is 1. The largest absolute Gasteiger partial charge is 0.408 e. The molecular weight excluding hydrogens is 460 g/mol. The summed E-state index contributed by atoms with van der Waals surface area (Å²) >= 11 is 1.44. The predicted molar refractivity (Wildman–Crippen MR) is 131 cm³/mol. The van der Waals surface area contributed by atoms with Crippen LogP contribution in [0.15, 0.2) is 33.9 Å². The van der Waals surface area contributed by atoms with Crippen molar-refractivity contribution in [1.82, 2.24) is 20.0 Å². The molecule has 0 N–H and O–H groups in total. The van der Waals surface area contributed by atoms with E-state index in [4.69, 9.17) is 4.42 Å². The molecule has 1 aromatic heterocycles. The number of amides is 1. The Bertz CT molecular complexity index is 943. The third-order valence-corrected chi connectivity index (χ3v) is 7.22. The van der Waals surface area contributed by atoms with E-state index in [0.29, 0.717) is 18.2 Å². The number of Topliss-reactive ketones (excluding diaryl/α,β-unsaturated/α-hetero) is 1. The molecular formula is C24H33ClN4O3S. The fourth-order valence-corrected chi connectivity index (χ4v) is 5.44. The average Bonchev–Trinajstić information content (AvgIpc) is 3.09. The molecule has 1 unspecified atom stereocenters. The van der Waals surface area contributed by atoms with Gasteiger partial charge in [-0.15, -0.1) is 22.6 Å². The highest BCUT2D eigenvalue weighted by Crippen LogP contribution is 2.31. The molecule has 1 aliphatic carbocycles. The first-order valence-corrected chi connectivity index (χ1v) is 12.5. The van der Waals surface area contributed by atoms with Crippen LogP contribution in [0, 0.1) is 5.92 Å². The first-order chi connectivity index (χ1) is 15.5. The Morgan fingerprint density at radius 3 is 2.48 bits per heavy atom. The van der Waals surface area contributed by atoms with E-state index in [0.717, 1.165) is 49.1 Å². The summed E-state index contributed by atoms with van der Waals surface area (Å²) in [6.07, 6.45) is 6.83. The monoisotopic (exact) mass is 492 g/mol. The van der Waals surface area contributed by atoms with Crippen molar-refractivity contribution in [3.05, 3.63) is 41.3 Å². The van der Waals surface area contributed by atoms with E-state index in [1.807, 2.05) is 32.3 Å². The van der Waals surface area contributed by atoms with Gasteiger partial charge < -0.3 is 14.2 Å². The van der Waals surface area contributed by atoms with Gasteiger partial charge in [0.25, 0.3) is 11.1 Å². The second kappa shape index (κ2) is 12.0. The van der Waals surface area contributed by atoms with Crippen molar-refractivity contribution in [3.63, 3.8) is 0 Å². The molecule has 1 saturated carbocycles. The van der Waals surface area contributed by atoms with Crippen LogP contribution >= 0.6 is 24.2 Å². The number of hydrogen-bond acceptors (Lipinski definition) is 7. The molecule has 0 saturated heterocycles. The topological polar surface area (TPSA) is 79.5 Å². The number of carbonyl (C=O) groups is 2. The molecule has 2 heterocycles. The molecule has 9 heteroatoms. The van der Waals surface area contributed by atoms with Crippen LogP contribution in [0.1, 0.15) is 60.3 Å². The maximum absolute atomic E-state index is 13.6. The molecule has 4 rings (SSSR count). The van der Waals surface area contributed by atoms with Crippen LogP contribution in [0.25, 0.3) is 0 Å². The number of aromatic nitrogens is 2. The zero-order valence-corrected chi connectivity index (χ0v) is 21.0. The quantitative estimate of drug-likeness (QED) is 0.324. The summed E-state index contributed by atoms with van der Waals surface area (Å²) in [7, 11) is 4.01. The van der Waals surface area contributed by atoms with E-state index in [1.54, 1.807) is 4.90 Å². The minimum Gasteiger partial charge on any atom is -0.408 e. The van der Waals surface area contributed by atoms with Crippen LogP contribution in [0.2, 0.25) is 0 Å². The Morgan fingerprint density at radius 1 is 1.09 bits per heavy atom. The zero-order valence-electron chi connectivity index (χ0n) is 19.4. The minimum atomic E-state index is -0.597. The molecule has 1 aliphatic heterocycles. The molecule has 7 nitrogen and oxygen atoms in total. The summed E-state index contributed by atoms with van der Waals surface area (Å²) < 4.78 is 5.70. The Kier molecular flexibility index (Phi) is 9.35. The number of halogens is 1. The van der Waals surface area contributed by atoms with E-state index in [1.165, 1.54) is 24.6 Å². The number of nitrogens with zero attached hydrogens (tertiary/aromatic N) is 4. The lowest BCUT2D eigenvalue weighted by molar-refractivity contribution is -0.138. The van der Waals surface area contributed by atoms with Gasteiger partial charge in [-0.05, 0) is 38.1 Å². The fraction of sp³-hybridized carbons (Fsp3) is 0.583. The average molecular weight is 493 g/mol. The van der Waals surface area contributed by atoms with Crippen LogP contribution in [-0.4, -0.2) is 64.1 Å². The first-order valence-electron chi connectivity index (χ1n) is 11.6. The van der Waals surface area contributed by atoms with Crippen molar-refractivity contribution in [2.75, 3.05) is 26.4 Å². The van der Waals surface area contributed by atoms with Gasteiger partial charge in [0.2, 0.25) is 11.7 Å². The molecule has 2 aliphatic rings. The van der Waals surface area contributed by atoms with Crippen molar-refractivity contribution in [1.29, 1.82) is 0 Å². The maximum Gasteiger partial charge on any atom is 0.286 e. The number of hydrogen-bond donors (Lipinski definition) is 0. The van der Waals surface area contributed by atoms with Crippen molar-refractivity contribution < 1.29 is 14.0 Å². The van der Waals surface area contributed by atoms with Gasteiger partial charge in [0.1, 0.15) is 6.04 Å². The van der Waals surface area contributed by atoms with Gasteiger partial charge in [0, 0.05) is 31.2 Å². The fourth-order valence-electron chi connectivity index (χ4n) is 4.58. The minimum absolute atomic E-state index is 0. The molecule has 1 amide bonds. The standard InChI is InChI=1S/C24H32N4O3S.ClH/c1-27(2)13-14-32-24-26-25-22(31-24)21(29)20-15-18-11-7-8-12-19(18)16-28(20)23(30)17-9-5-3-4-6-10-17;/h7-8,11-12,17,20H,3-6,9-10,13-16H2,1-2H3;1H. The number of carbonyl (C=O) groups excluding carboxylic acids is 2. The lowest BCUT2D eigenvalue weighted by Crippen LogP contribution is -2.50. The third-order valence-electron chi connectivity index (χ3n) is 6.42. The van der Waals surface area contributed by atoms with Crippen molar-refractivity contribution in [2.24, 2.45) is 5.92 Å². The number of fused-ring (bicyclic) bond motifs is 1. The number of benzene rings is 1. The van der Waals surface area contributed by atoms with Crippen molar-refractivity contribution >= 4 is 35.9 Å². The molecule has 33 heavy (non-hydrogen) atoms. The second-order valence-corrected chi connectivity index (χ2v) is 10.1. The molecule has 0 bridgehead atoms. The highest BCUT2D eigenvalue weighted by Gasteiger charge is 2.39. The van der Waals surface area contributed by atoms with Crippen molar-refractivity contribution in [2.45, 2.75) is 62.8 Å². The lowest BCUT2D eigenvalue weighted by atomic mass is 9.89. The summed E-state index contributed by atoms with van der Waals surface area (Å²) in [5, 5.41) is 8.47. The van der Waals surface area contributed by atoms with E-state index >= 15 is 0 Å². The van der Waals surface area contributed by atoms with Gasteiger partial charge in [-0.2, -0.15) is 0 Å². The summed E-state index contributed by atoms with van der Waals surface area (Å²) in [4.78, 5) is 30.9. The molecule has 0 spiro atoms. The van der Waals surface area contributed by atoms with Crippen LogP contribution in [0.5, 0.6) is 0 Å². The van der Waals surface area contributed by atoms with Crippen molar-refractivity contribution in [3.8, 4) is 0 Å². The predicted octanol–water partition coefficient (Wildman–Crippen LogP) is 4.25. The van der Waals surface area contributed by atoms with Gasteiger partial charge in [0.15, 0.2) is 0 Å². The van der Waals surface area contributed by atoms with Gasteiger partial charge in [-0.3, -0.25) is 9.59 Å². The van der Waals surface area contributed by atoms with E-state index in [9.17, 15) is 9.59 Å². The molecule has 1 fully saturated rings. The van der Waals surface area contributed by atoms with Gasteiger partial charge in [0.05, 0.1) is 0 Å². The second-order valence-electron chi connectivity index (χ2n) is 9.03. The SMILES string of the molecule is CN(C)CCSc1nnc(C(=O)C2Cc3ccccc3CN2C(=O)C2CCCCCC2)o1.Cl. The van der Waals surface area contributed by atoms with E-state index in [2.05, 4.69) is 21.2 Å². The highest BCUT2D eigenvalue weighted by molar-refractivity contribution is 7.99. The smallest absolute Gasteiger partial charge is 0.286 e. The van der Waals surface area contributed by atoms with Gasteiger partial charge in [-0.25, -0.2) is 0 Å². The van der Waals surface area contributed by atoms with E-state index < -0.39 is 6.04 Å². The first kappa shape index (κ1) is 25.7. The molecule has 2 aromatic rings. The van der Waals surface area contributed by atoms with Gasteiger partial charge >= 0.3 is 0 Å². The molecule has 1 aromatic carbocycles. The molecule has 1 atom stereocenters. The Labute approximate surface area is 206 Å². The van der Waals surface area contributed by atoms with Crippen LogP contribution in [0.3, 0.4) is 0 Å². The van der Waals surface area contributed by atoms with Crippen LogP contribution in [-0.2, 0) is 17.8 Å². The lowest BCUT2D eigenvalue weighted by Gasteiger charge is -2.37. The summed E-state index contributed by atoms with van der Waals surface area (Å²) in [5.41, 5.74) is 2.22. The highest BCUT2D eigenvalue weighted by atomic mass is 35.5. The normalized spacial score (nSPS) is 19.0. The maximum atomic E-state index is 13.6. The number of rotatable bonds is 7. The summed E-state index contributed by atoms with van der Waals surface area (Å²) in [6, 6.07) is 7.47. The Hall–Kier alpha value is -1.90. The van der Waals surface area contributed by atoms with Crippen LogP contribution < -0.4 is 0 Å². The van der Waals surface area contributed by atoms with Crippen LogP contribution in [0.4, 0.5) is 0 Å². The molecule has 180 valence electrons. The zero-order chi connectivity index (χ0) is 22.5.